The number of nitrogens with zero attached hydrogens (tertiary/aromatic N) is 2. The Hall–Kier alpha value is -1.31. The maximum absolute atomic E-state index is 14.1. The Morgan fingerprint density at radius 3 is 2.63 bits per heavy atom. The molecule has 30 heavy (non-hydrogen) atoms. The topological polar surface area (TPSA) is 72.8 Å². The fraction of sp³-hybridized carbons (Fsp3) is 0.571. The molecule has 0 spiro atoms. The van der Waals surface area contributed by atoms with E-state index < -0.39 is 19.7 Å². The molecule has 1 aromatic heterocycles. The molecule has 0 fully saturated rings. The molecule has 0 saturated heterocycles. The lowest BCUT2D eigenvalue weighted by Crippen LogP contribution is -2.38. The van der Waals surface area contributed by atoms with Gasteiger partial charge in [0.15, 0.2) is 0 Å². The molecule has 2 aromatic rings. The number of hydrogen-bond donors (Lipinski definition) is 1. The monoisotopic (exact) mass is 455 g/mol. The van der Waals surface area contributed by atoms with Crippen LogP contribution in [0.5, 0.6) is 0 Å². The quantitative estimate of drug-likeness (QED) is 0.361. The minimum Gasteiger partial charge on any atom is -0.465 e. The summed E-state index contributed by atoms with van der Waals surface area (Å²) < 4.78 is 26.8. The van der Waals surface area contributed by atoms with Gasteiger partial charge in [0.1, 0.15) is 6.04 Å². The zero-order valence-electron chi connectivity index (χ0n) is 18.6. The first kappa shape index (κ1) is 25.0. The van der Waals surface area contributed by atoms with Gasteiger partial charge < -0.3 is 14.2 Å². The van der Waals surface area contributed by atoms with Crippen molar-refractivity contribution >= 4 is 36.3 Å². The number of esters is 1. The van der Waals surface area contributed by atoms with Crippen LogP contribution < -0.4 is 5.09 Å². The van der Waals surface area contributed by atoms with Crippen LogP contribution in [0.4, 0.5) is 0 Å². The van der Waals surface area contributed by atoms with Gasteiger partial charge >= 0.3 is 13.6 Å². The van der Waals surface area contributed by atoms with E-state index in [1.807, 2.05) is 50.8 Å². The molecule has 0 aliphatic rings. The van der Waals surface area contributed by atoms with Crippen LogP contribution in [0.15, 0.2) is 30.5 Å². The number of carbonyl (C=O) groups excluding carboxylic acids is 1. The van der Waals surface area contributed by atoms with Crippen molar-refractivity contribution in [1.82, 2.24) is 14.3 Å². The van der Waals surface area contributed by atoms with Crippen molar-refractivity contribution in [3.8, 4) is 0 Å². The third-order valence-corrected chi connectivity index (χ3v) is 7.48. The van der Waals surface area contributed by atoms with E-state index in [1.165, 1.54) is 0 Å². The number of carbonyl (C=O) groups is 1. The Balaban J connectivity index is 2.47. The van der Waals surface area contributed by atoms with Gasteiger partial charge in [-0.1, -0.05) is 18.2 Å². The molecule has 1 aromatic carbocycles. The number of para-hydroxylation sites is 1. The van der Waals surface area contributed by atoms with E-state index in [2.05, 4.69) is 9.99 Å². The summed E-state index contributed by atoms with van der Waals surface area (Å²) in [6.45, 7) is 4.97. The largest absolute Gasteiger partial charge is 0.465 e. The smallest absolute Gasteiger partial charge is 0.373 e. The summed E-state index contributed by atoms with van der Waals surface area (Å²) >= 11 is 1.63. The molecular weight excluding hydrogens is 421 g/mol. The fourth-order valence-corrected chi connectivity index (χ4v) is 5.76. The predicted molar refractivity (Wildman–Crippen MR) is 125 cm³/mol. The van der Waals surface area contributed by atoms with Gasteiger partial charge in [-0.3, -0.25) is 9.13 Å². The summed E-state index contributed by atoms with van der Waals surface area (Å²) in [5.74, 6) is 0.333. The van der Waals surface area contributed by atoms with Crippen molar-refractivity contribution in [3.05, 3.63) is 36.0 Å². The van der Waals surface area contributed by atoms with Crippen LogP contribution in [0.25, 0.3) is 10.9 Å². The first-order valence-electron chi connectivity index (χ1n) is 10.3. The van der Waals surface area contributed by atoms with E-state index in [9.17, 15) is 9.36 Å². The van der Waals surface area contributed by atoms with E-state index in [0.717, 1.165) is 35.2 Å². The molecule has 2 atom stereocenters. The number of ether oxygens (including phenoxy) is 1. The molecule has 2 unspecified atom stereocenters. The normalized spacial score (nSPS) is 14.7. The maximum Gasteiger partial charge on any atom is 0.373 e. The van der Waals surface area contributed by atoms with Crippen LogP contribution in [-0.4, -0.2) is 67.1 Å². The Kier molecular flexibility index (Phi) is 9.91. The van der Waals surface area contributed by atoms with E-state index >= 15 is 0 Å². The summed E-state index contributed by atoms with van der Waals surface area (Å²) in [5.41, 5.74) is 1.92. The SMILES string of the molecule is CCOC(=O)C(CCSC)NP(=O)(OCC)n1cc(CCN(C)C)c2ccccc21. The Morgan fingerprint density at radius 2 is 2.00 bits per heavy atom. The molecule has 1 heterocycles. The number of thioether (sulfide) groups is 1. The second-order valence-corrected chi connectivity index (χ2v) is 10.2. The van der Waals surface area contributed by atoms with Crippen molar-refractivity contribution in [2.24, 2.45) is 0 Å². The highest BCUT2D eigenvalue weighted by Crippen LogP contribution is 2.48. The van der Waals surface area contributed by atoms with E-state index in [-0.39, 0.29) is 13.2 Å². The Labute approximate surface area is 184 Å². The molecule has 0 aliphatic heterocycles. The van der Waals surface area contributed by atoms with E-state index in [4.69, 9.17) is 9.26 Å². The van der Waals surface area contributed by atoms with Gasteiger partial charge in [0.25, 0.3) is 0 Å². The molecule has 0 saturated carbocycles. The number of benzene rings is 1. The molecule has 0 aliphatic carbocycles. The van der Waals surface area contributed by atoms with E-state index in [1.54, 1.807) is 29.9 Å². The second-order valence-electron chi connectivity index (χ2n) is 7.22. The average Bonchev–Trinajstić information content (AvgIpc) is 3.09. The summed E-state index contributed by atoms with van der Waals surface area (Å²) in [6.07, 6.45) is 5.19. The zero-order valence-corrected chi connectivity index (χ0v) is 20.3. The van der Waals surface area contributed by atoms with Crippen molar-refractivity contribution in [2.45, 2.75) is 32.7 Å². The lowest BCUT2D eigenvalue weighted by molar-refractivity contribution is -0.145. The lowest BCUT2D eigenvalue weighted by atomic mass is 10.1. The summed E-state index contributed by atoms with van der Waals surface area (Å²) in [5, 5.41) is 4.08. The third-order valence-electron chi connectivity index (χ3n) is 4.69. The molecule has 168 valence electrons. The van der Waals surface area contributed by atoms with Crippen LogP contribution >= 0.6 is 19.4 Å². The van der Waals surface area contributed by atoms with Crippen molar-refractivity contribution in [3.63, 3.8) is 0 Å². The zero-order chi connectivity index (χ0) is 22.1. The summed E-state index contributed by atoms with van der Waals surface area (Å²) in [7, 11) is 0.484. The molecular formula is C21H34N3O4PS. The molecule has 0 radical (unpaired) electrons. The number of likely N-dealkylation sites (N-methyl/N-ethyl adjacent to an activating group) is 1. The minimum absolute atomic E-state index is 0.252. The van der Waals surface area contributed by atoms with Crippen LogP contribution in [-0.2, 0) is 25.0 Å². The van der Waals surface area contributed by atoms with Crippen molar-refractivity contribution < 1.29 is 18.6 Å². The molecule has 2 rings (SSSR count). The highest BCUT2D eigenvalue weighted by molar-refractivity contribution is 7.98. The first-order chi connectivity index (χ1) is 14.4. The average molecular weight is 456 g/mol. The predicted octanol–water partition coefficient (Wildman–Crippen LogP) is 4.01. The van der Waals surface area contributed by atoms with Crippen molar-refractivity contribution in [2.75, 3.05) is 45.9 Å². The molecule has 0 bridgehead atoms. The third kappa shape index (κ3) is 6.34. The van der Waals surface area contributed by atoms with Crippen molar-refractivity contribution in [1.29, 1.82) is 0 Å². The molecule has 9 heteroatoms. The van der Waals surface area contributed by atoms with Crippen LogP contribution in [0.1, 0.15) is 25.8 Å². The molecule has 7 nitrogen and oxygen atoms in total. The van der Waals surface area contributed by atoms with Gasteiger partial charge in [-0.25, -0.2) is 9.65 Å². The van der Waals surface area contributed by atoms with Gasteiger partial charge in [-0.2, -0.15) is 11.8 Å². The molecule has 1 N–H and O–H groups in total. The lowest BCUT2D eigenvalue weighted by Gasteiger charge is -2.25. The highest BCUT2D eigenvalue weighted by atomic mass is 32.2. The Morgan fingerprint density at radius 1 is 1.27 bits per heavy atom. The summed E-state index contributed by atoms with van der Waals surface area (Å²) in [4.78, 5) is 14.6. The Bertz CT molecular complexity index is 871. The van der Waals surface area contributed by atoms with Gasteiger partial charge in [0.2, 0.25) is 0 Å². The number of hydrogen-bond acceptors (Lipinski definition) is 6. The van der Waals surface area contributed by atoms with Gasteiger partial charge in [0.05, 0.1) is 18.7 Å². The van der Waals surface area contributed by atoms with Gasteiger partial charge in [-0.15, -0.1) is 0 Å². The number of aromatic nitrogens is 1. The second kappa shape index (κ2) is 11.9. The number of fused-ring (bicyclic) bond motifs is 1. The van der Waals surface area contributed by atoms with Crippen LogP contribution in [0, 0.1) is 0 Å². The van der Waals surface area contributed by atoms with Gasteiger partial charge in [0, 0.05) is 18.1 Å². The number of rotatable bonds is 13. The number of nitrogens with one attached hydrogen (secondary N) is 1. The summed E-state index contributed by atoms with van der Waals surface area (Å²) in [6, 6.07) is 7.15. The molecule has 0 amide bonds. The van der Waals surface area contributed by atoms with E-state index in [0.29, 0.717) is 6.42 Å². The van der Waals surface area contributed by atoms with Gasteiger partial charge in [-0.05, 0) is 64.4 Å². The van der Waals surface area contributed by atoms with Crippen LogP contribution in [0.3, 0.4) is 0 Å². The highest BCUT2D eigenvalue weighted by Gasteiger charge is 2.34. The minimum atomic E-state index is -3.57. The maximum atomic E-state index is 14.1. The fourth-order valence-electron chi connectivity index (χ4n) is 3.24. The standard InChI is InChI=1S/C21H34N3O4PS/c1-6-27-21(25)19(13-15-30-5)22-29(26,28-7-2)24-16-17(12-14-23(3)4)18-10-8-9-11-20(18)24/h8-11,16,19H,6-7,12-15H2,1-5H3,(H,22,26). The van der Waals surface area contributed by atoms with Crippen LogP contribution in [0.2, 0.25) is 0 Å². The first-order valence-corrected chi connectivity index (χ1v) is 13.3.